The van der Waals surface area contributed by atoms with Crippen molar-refractivity contribution < 1.29 is 57.1 Å². The van der Waals surface area contributed by atoms with Crippen molar-refractivity contribution in [1.82, 2.24) is 0 Å². The third-order valence-corrected chi connectivity index (χ3v) is 14.9. The molecule has 0 bridgehead atoms. The molecular formula is C68H56N4O12. The van der Waals surface area contributed by atoms with Crippen LogP contribution in [0.2, 0.25) is 0 Å². The van der Waals surface area contributed by atoms with Gasteiger partial charge in [-0.3, -0.25) is 19.2 Å². The standard InChI is InChI=1S/2C34H28N2O6/c2*1-39-27-9-5-7-23(31(27)41-3)33(37)35-25-17-13-19-11-12-20-14-18-26(22-16-15-21(25)29(19)30(20)22)36-34(38)24-8-6-10-28(40-2)32(24)42-4/h2*5-18H,1-4H3,(H,35,37)(H,36,38). The van der Waals surface area contributed by atoms with Crippen molar-refractivity contribution in [1.29, 1.82) is 0 Å². The summed E-state index contributed by atoms with van der Waals surface area (Å²) in [6.07, 6.45) is 0. The molecule has 4 N–H and O–H groups in total. The summed E-state index contributed by atoms with van der Waals surface area (Å²) in [5.41, 5.74) is 4.07. The first-order valence-electron chi connectivity index (χ1n) is 26.5. The molecular weight excluding hydrogens is 1060 g/mol. The SMILES string of the molecule is COc1cccc(C(=O)Nc2ccc3ccc4ccc(NC(=O)c5cccc(OC)c5OC)c5ccc2c3c45)c1OC.COc1cccc(C(=O)Nc2ccc3ccc4ccc(NC(=O)c5cccc(OC)c5OC)c5ccc2c3c45)c1OC. The second kappa shape index (κ2) is 23.2. The highest BCUT2D eigenvalue weighted by Crippen LogP contribution is 2.44. The summed E-state index contributed by atoms with van der Waals surface area (Å²) in [4.78, 5) is 53.7. The van der Waals surface area contributed by atoms with Gasteiger partial charge < -0.3 is 59.2 Å². The van der Waals surface area contributed by atoms with Crippen molar-refractivity contribution in [3.63, 3.8) is 0 Å². The number of methoxy groups -OCH3 is 8. The Morgan fingerprint density at radius 2 is 0.452 bits per heavy atom. The molecule has 0 radical (unpaired) electrons. The number of para-hydroxylation sites is 4. The summed E-state index contributed by atoms with van der Waals surface area (Å²) in [5, 5.41) is 23.7. The molecule has 4 amide bonds. The van der Waals surface area contributed by atoms with Crippen molar-refractivity contribution in [2.45, 2.75) is 0 Å². The zero-order valence-corrected chi connectivity index (χ0v) is 47.1. The molecule has 0 aromatic heterocycles. The second-order valence-electron chi connectivity index (χ2n) is 19.3. The summed E-state index contributed by atoms with van der Waals surface area (Å²) in [6.45, 7) is 0. The van der Waals surface area contributed by atoms with Crippen LogP contribution in [0.1, 0.15) is 41.4 Å². The van der Waals surface area contributed by atoms with Crippen LogP contribution in [0.3, 0.4) is 0 Å². The first kappa shape index (κ1) is 54.9. The zero-order valence-electron chi connectivity index (χ0n) is 47.1. The topological polar surface area (TPSA) is 190 Å². The fourth-order valence-electron chi connectivity index (χ4n) is 11.1. The predicted octanol–water partition coefficient (Wildman–Crippen LogP) is 14.2. The van der Waals surface area contributed by atoms with Gasteiger partial charge in [-0.25, -0.2) is 0 Å². The number of hydrogen-bond donors (Lipinski definition) is 4. The Kier molecular flexibility index (Phi) is 15.2. The minimum atomic E-state index is -0.319. The minimum Gasteiger partial charge on any atom is -0.493 e. The van der Waals surface area contributed by atoms with Gasteiger partial charge in [0.2, 0.25) is 0 Å². The van der Waals surface area contributed by atoms with Crippen LogP contribution in [0.5, 0.6) is 46.0 Å². The van der Waals surface area contributed by atoms with Crippen molar-refractivity contribution in [2.24, 2.45) is 0 Å². The summed E-state index contributed by atoms with van der Waals surface area (Å²) >= 11 is 0. The molecule has 0 spiro atoms. The van der Waals surface area contributed by atoms with E-state index in [9.17, 15) is 19.2 Å². The molecule has 0 saturated carbocycles. The lowest BCUT2D eigenvalue weighted by atomic mass is 9.92. The fourth-order valence-corrected chi connectivity index (χ4v) is 11.1. The van der Waals surface area contributed by atoms with E-state index in [1.165, 1.54) is 56.9 Å². The molecule has 12 aromatic rings. The average molecular weight is 1120 g/mol. The number of amides is 4. The molecule has 0 atom stereocenters. The van der Waals surface area contributed by atoms with Gasteiger partial charge in [0.05, 0.1) is 79.1 Å². The Balaban J connectivity index is 0.000000175. The minimum absolute atomic E-state index is 0.319. The third-order valence-electron chi connectivity index (χ3n) is 14.9. The number of anilines is 4. The Bertz CT molecular complexity index is 3970. The summed E-state index contributed by atoms with van der Waals surface area (Å²) in [5.74, 6) is 2.08. The van der Waals surface area contributed by atoms with Gasteiger partial charge in [-0.15, -0.1) is 0 Å². The predicted molar refractivity (Wildman–Crippen MR) is 330 cm³/mol. The molecule has 0 aliphatic heterocycles. The van der Waals surface area contributed by atoms with Gasteiger partial charge in [0.15, 0.2) is 46.0 Å². The van der Waals surface area contributed by atoms with Crippen LogP contribution >= 0.6 is 0 Å². The number of carbonyl (C=O) groups is 4. The van der Waals surface area contributed by atoms with E-state index in [1.807, 2.05) is 72.8 Å². The van der Waals surface area contributed by atoms with E-state index in [0.717, 1.165) is 64.6 Å². The first-order valence-corrected chi connectivity index (χ1v) is 26.5. The quantitative estimate of drug-likeness (QED) is 0.0671. The van der Waals surface area contributed by atoms with E-state index in [4.69, 9.17) is 37.9 Å². The maximum atomic E-state index is 13.4. The molecule has 84 heavy (non-hydrogen) atoms. The normalized spacial score (nSPS) is 11.0. The molecule has 420 valence electrons. The van der Waals surface area contributed by atoms with Crippen molar-refractivity contribution in [2.75, 3.05) is 78.1 Å². The Morgan fingerprint density at radius 1 is 0.250 bits per heavy atom. The zero-order chi connectivity index (χ0) is 58.8. The molecule has 0 saturated heterocycles. The number of ether oxygens (including phenoxy) is 8. The Morgan fingerprint density at radius 3 is 0.643 bits per heavy atom. The lowest BCUT2D eigenvalue weighted by Gasteiger charge is -2.18. The van der Waals surface area contributed by atoms with Crippen molar-refractivity contribution >= 4 is 111 Å². The lowest BCUT2D eigenvalue weighted by molar-refractivity contribution is 0.101. The highest BCUT2D eigenvalue weighted by Gasteiger charge is 2.24. The molecule has 0 unspecified atom stereocenters. The number of benzene rings is 12. The summed E-state index contributed by atoms with van der Waals surface area (Å²) < 4.78 is 43.4. The van der Waals surface area contributed by atoms with Crippen molar-refractivity contribution in [3.05, 3.63) is 192 Å². The third kappa shape index (κ3) is 9.74. The number of carbonyl (C=O) groups excluding carboxylic acids is 4. The molecule has 16 heteroatoms. The molecule has 12 rings (SSSR count). The van der Waals surface area contributed by atoms with E-state index in [-0.39, 0.29) is 23.6 Å². The first-order chi connectivity index (χ1) is 41.0. The van der Waals surface area contributed by atoms with Gasteiger partial charge >= 0.3 is 0 Å². The monoisotopic (exact) mass is 1120 g/mol. The van der Waals surface area contributed by atoms with Gasteiger partial charge in [0.1, 0.15) is 0 Å². The van der Waals surface area contributed by atoms with E-state index in [0.29, 0.717) is 91.0 Å². The highest BCUT2D eigenvalue weighted by atomic mass is 16.5. The van der Waals surface area contributed by atoms with E-state index >= 15 is 0 Å². The van der Waals surface area contributed by atoms with Crippen molar-refractivity contribution in [3.8, 4) is 46.0 Å². The second-order valence-corrected chi connectivity index (χ2v) is 19.3. The summed E-state index contributed by atoms with van der Waals surface area (Å²) in [7, 11) is 12.2. The van der Waals surface area contributed by atoms with Gasteiger partial charge in [0, 0.05) is 44.3 Å². The van der Waals surface area contributed by atoms with Gasteiger partial charge in [0.25, 0.3) is 23.6 Å². The number of nitrogens with one attached hydrogen (secondary N) is 4. The van der Waals surface area contributed by atoms with Crippen LogP contribution in [-0.2, 0) is 0 Å². The Hall–Kier alpha value is -11.0. The Labute approximate surface area is 482 Å². The fraction of sp³-hybridized carbons (Fsp3) is 0.118. The lowest BCUT2D eigenvalue weighted by Crippen LogP contribution is -2.14. The molecule has 12 aromatic carbocycles. The van der Waals surface area contributed by atoms with Gasteiger partial charge in [-0.2, -0.15) is 0 Å². The van der Waals surface area contributed by atoms with Gasteiger partial charge in [-0.05, 0) is 116 Å². The number of hydrogen-bond acceptors (Lipinski definition) is 12. The van der Waals surface area contributed by atoms with E-state index in [2.05, 4.69) is 45.5 Å². The maximum absolute atomic E-state index is 13.4. The molecule has 0 aliphatic rings. The molecule has 0 heterocycles. The van der Waals surface area contributed by atoms with Crippen LogP contribution in [0.4, 0.5) is 22.7 Å². The van der Waals surface area contributed by atoms with Crippen LogP contribution < -0.4 is 59.2 Å². The van der Waals surface area contributed by atoms with Gasteiger partial charge in [-0.1, -0.05) is 97.1 Å². The highest BCUT2D eigenvalue weighted by molar-refractivity contribution is 6.31. The largest absolute Gasteiger partial charge is 0.493 e. The van der Waals surface area contributed by atoms with Crippen LogP contribution in [0.25, 0.3) is 64.6 Å². The smallest absolute Gasteiger partial charge is 0.259 e. The van der Waals surface area contributed by atoms with Crippen LogP contribution in [-0.4, -0.2) is 80.5 Å². The summed E-state index contributed by atoms with van der Waals surface area (Å²) in [6, 6.07) is 52.3. The maximum Gasteiger partial charge on any atom is 0.259 e. The molecule has 16 nitrogen and oxygen atoms in total. The number of rotatable bonds is 16. The van der Waals surface area contributed by atoms with Crippen LogP contribution in [0, 0.1) is 0 Å². The van der Waals surface area contributed by atoms with E-state index < -0.39 is 0 Å². The molecule has 0 fully saturated rings. The average Bonchev–Trinajstić information content (AvgIpc) is 1.85. The van der Waals surface area contributed by atoms with Crippen LogP contribution in [0.15, 0.2) is 170 Å². The van der Waals surface area contributed by atoms with E-state index in [1.54, 1.807) is 72.8 Å². The molecule has 0 aliphatic carbocycles.